The largest absolute Gasteiger partial charge is 0.493 e. The van der Waals surface area contributed by atoms with Crippen LogP contribution >= 0.6 is 11.6 Å². The molecular formula is C28H25ClN2O7. The lowest BCUT2D eigenvalue weighted by Gasteiger charge is -2.16. The van der Waals surface area contributed by atoms with Crippen LogP contribution in [0.15, 0.2) is 66.7 Å². The summed E-state index contributed by atoms with van der Waals surface area (Å²) in [6.07, 6.45) is 0.00529. The molecule has 0 saturated carbocycles. The molecule has 1 fully saturated rings. The maximum atomic E-state index is 12.9. The van der Waals surface area contributed by atoms with Crippen molar-refractivity contribution >= 4 is 40.9 Å². The highest BCUT2D eigenvalue weighted by Gasteiger charge is 2.39. The number of carbonyl (C=O) groups is 4. The lowest BCUT2D eigenvalue weighted by molar-refractivity contribution is -0.121. The average molecular weight is 537 g/mol. The van der Waals surface area contributed by atoms with Gasteiger partial charge in [0.25, 0.3) is 5.91 Å². The van der Waals surface area contributed by atoms with Crippen LogP contribution in [0.1, 0.15) is 32.7 Å². The van der Waals surface area contributed by atoms with Crippen molar-refractivity contribution in [3.05, 3.63) is 88.4 Å². The summed E-state index contributed by atoms with van der Waals surface area (Å²) in [5.74, 6) is -1.03. The van der Waals surface area contributed by atoms with Crippen molar-refractivity contribution in [2.75, 3.05) is 25.7 Å². The maximum absolute atomic E-state index is 12.9. The van der Waals surface area contributed by atoms with Crippen LogP contribution in [-0.2, 0) is 20.9 Å². The Kier molecular flexibility index (Phi) is 8.40. The number of benzene rings is 3. The summed E-state index contributed by atoms with van der Waals surface area (Å²) in [4.78, 5) is 51.5. The molecule has 1 aliphatic heterocycles. The first-order valence-electron chi connectivity index (χ1n) is 11.7. The second-order valence-electron chi connectivity index (χ2n) is 8.41. The summed E-state index contributed by atoms with van der Waals surface area (Å²) in [6.45, 7) is -0.137. The van der Waals surface area contributed by atoms with Crippen molar-refractivity contribution in [1.29, 1.82) is 0 Å². The van der Waals surface area contributed by atoms with E-state index in [2.05, 4.69) is 5.32 Å². The van der Waals surface area contributed by atoms with Gasteiger partial charge in [0.15, 0.2) is 23.9 Å². The molecule has 38 heavy (non-hydrogen) atoms. The van der Waals surface area contributed by atoms with E-state index in [4.69, 9.17) is 25.8 Å². The molecule has 2 amide bonds. The molecule has 0 aromatic heterocycles. The summed E-state index contributed by atoms with van der Waals surface area (Å²) < 4.78 is 15.5. The molecule has 1 unspecified atom stereocenters. The lowest BCUT2D eigenvalue weighted by Crippen LogP contribution is -2.38. The smallest absolute Gasteiger partial charge is 0.338 e. The lowest BCUT2D eigenvalue weighted by atomic mass is 10.1. The zero-order chi connectivity index (χ0) is 27.2. The first-order valence-corrected chi connectivity index (χ1v) is 12.1. The number of Topliss-reactive ketones (excluding diaryl/α,β-unsaturated/α-hetero) is 1. The summed E-state index contributed by atoms with van der Waals surface area (Å²) >= 11 is 6.17. The molecule has 1 N–H and O–H groups in total. The number of rotatable bonds is 10. The van der Waals surface area contributed by atoms with Gasteiger partial charge in [-0.15, -0.1) is 0 Å². The van der Waals surface area contributed by atoms with Crippen LogP contribution in [0.2, 0.25) is 5.02 Å². The van der Waals surface area contributed by atoms with E-state index in [1.807, 2.05) is 18.2 Å². The van der Waals surface area contributed by atoms with E-state index in [0.717, 1.165) is 10.5 Å². The van der Waals surface area contributed by atoms with Crippen molar-refractivity contribution in [2.45, 2.75) is 19.0 Å². The van der Waals surface area contributed by atoms with Gasteiger partial charge in [0, 0.05) is 17.1 Å². The molecule has 1 aliphatic rings. The number of hydrogen-bond acceptors (Lipinski definition) is 8. The van der Waals surface area contributed by atoms with Crippen LogP contribution in [0, 0.1) is 0 Å². The van der Waals surface area contributed by atoms with Gasteiger partial charge in [0.2, 0.25) is 5.91 Å². The van der Waals surface area contributed by atoms with Crippen LogP contribution in [-0.4, -0.2) is 50.4 Å². The van der Waals surface area contributed by atoms with Crippen molar-refractivity contribution < 1.29 is 33.4 Å². The number of ketones is 1. The topological polar surface area (TPSA) is 111 Å². The molecule has 1 atom stereocenters. The van der Waals surface area contributed by atoms with Gasteiger partial charge in [0.1, 0.15) is 0 Å². The normalized spacial score (nSPS) is 14.9. The standard InChI is InChI=1S/C28H25ClN2O7/c1-36-24-12-9-18(13-25(24)37-2)23(32)16-38-28(35)17-7-10-20(11-8-17)31-26(33)14-22(27(31)34)30-15-19-5-3-4-6-21(19)29/h3-13,22,30H,14-16H2,1-2H3. The number of anilines is 1. The summed E-state index contributed by atoms with van der Waals surface area (Å²) in [7, 11) is 2.94. The fourth-order valence-electron chi connectivity index (χ4n) is 3.99. The third-order valence-electron chi connectivity index (χ3n) is 6.04. The number of nitrogens with zero attached hydrogens (tertiary/aromatic N) is 1. The van der Waals surface area contributed by atoms with Gasteiger partial charge in [0.05, 0.1) is 37.9 Å². The van der Waals surface area contributed by atoms with Crippen molar-refractivity contribution in [1.82, 2.24) is 5.32 Å². The van der Waals surface area contributed by atoms with Gasteiger partial charge in [-0.1, -0.05) is 29.8 Å². The second kappa shape index (κ2) is 11.9. The van der Waals surface area contributed by atoms with Crippen molar-refractivity contribution in [3.63, 3.8) is 0 Å². The van der Waals surface area contributed by atoms with E-state index >= 15 is 0 Å². The number of nitrogens with one attached hydrogen (secondary N) is 1. The minimum Gasteiger partial charge on any atom is -0.493 e. The van der Waals surface area contributed by atoms with Gasteiger partial charge in [-0.3, -0.25) is 14.4 Å². The predicted octanol–water partition coefficient (Wildman–Crippen LogP) is 3.82. The van der Waals surface area contributed by atoms with Gasteiger partial charge in [-0.25, -0.2) is 9.69 Å². The molecule has 3 aromatic rings. The van der Waals surface area contributed by atoms with Crippen LogP contribution in [0.3, 0.4) is 0 Å². The van der Waals surface area contributed by atoms with Crippen LogP contribution < -0.4 is 19.7 Å². The number of imide groups is 1. The van der Waals surface area contributed by atoms with Gasteiger partial charge >= 0.3 is 5.97 Å². The highest BCUT2D eigenvalue weighted by Crippen LogP contribution is 2.28. The fraction of sp³-hybridized carbons (Fsp3) is 0.214. The molecule has 0 spiro atoms. The van der Waals surface area contributed by atoms with E-state index in [1.165, 1.54) is 44.6 Å². The molecule has 0 radical (unpaired) electrons. The SMILES string of the molecule is COc1ccc(C(=O)COC(=O)c2ccc(N3C(=O)CC(NCc4ccccc4Cl)C3=O)cc2)cc1OC. The maximum Gasteiger partial charge on any atom is 0.338 e. The number of hydrogen-bond donors (Lipinski definition) is 1. The number of ether oxygens (including phenoxy) is 3. The van der Waals surface area contributed by atoms with E-state index in [0.29, 0.717) is 34.3 Å². The molecule has 10 heteroatoms. The van der Waals surface area contributed by atoms with E-state index < -0.39 is 30.3 Å². The monoisotopic (exact) mass is 536 g/mol. The minimum atomic E-state index is -0.719. The summed E-state index contributed by atoms with van der Waals surface area (Å²) in [5.41, 5.74) is 1.62. The van der Waals surface area contributed by atoms with Gasteiger partial charge in [-0.05, 0) is 54.1 Å². The minimum absolute atomic E-state index is 0.00529. The number of amides is 2. The second-order valence-corrected chi connectivity index (χ2v) is 8.82. The Morgan fingerprint density at radius 2 is 1.63 bits per heavy atom. The van der Waals surface area contributed by atoms with Crippen LogP contribution in [0.4, 0.5) is 5.69 Å². The molecule has 1 heterocycles. The average Bonchev–Trinajstić information content (AvgIpc) is 3.23. The Morgan fingerprint density at radius 1 is 0.947 bits per heavy atom. The third kappa shape index (κ3) is 5.85. The van der Waals surface area contributed by atoms with Gasteiger partial charge < -0.3 is 19.5 Å². The van der Waals surface area contributed by atoms with Crippen molar-refractivity contribution in [2.24, 2.45) is 0 Å². The highest BCUT2D eigenvalue weighted by molar-refractivity contribution is 6.31. The molecule has 196 valence electrons. The summed E-state index contributed by atoms with van der Waals surface area (Å²) in [6, 6.07) is 17.0. The number of esters is 1. The number of halogens is 1. The number of methoxy groups -OCH3 is 2. The zero-order valence-electron chi connectivity index (χ0n) is 20.7. The molecule has 1 saturated heterocycles. The summed E-state index contributed by atoms with van der Waals surface area (Å²) in [5, 5.41) is 3.66. The Balaban J connectivity index is 1.35. The molecular weight excluding hydrogens is 512 g/mol. The Hall–Kier alpha value is -4.21. The quantitative estimate of drug-likeness (QED) is 0.236. The number of carbonyl (C=O) groups excluding carboxylic acids is 4. The Bertz CT molecular complexity index is 1370. The third-order valence-corrected chi connectivity index (χ3v) is 6.41. The Morgan fingerprint density at radius 3 is 2.32 bits per heavy atom. The first-order chi connectivity index (χ1) is 18.3. The van der Waals surface area contributed by atoms with Crippen molar-refractivity contribution in [3.8, 4) is 11.5 Å². The fourth-order valence-corrected chi connectivity index (χ4v) is 4.19. The van der Waals surface area contributed by atoms with Crippen LogP contribution in [0.25, 0.3) is 0 Å². The molecule has 9 nitrogen and oxygen atoms in total. The molecule has 0 aliphatic carbocycles. The van der Waals surface area contributed by atoms with E-state index in [-0.39, 0.29) is 17.9 Å². The molecule has 3 aromatic carbocycles. The molecule has 0 bridgehead atoms. The highest BCUT2D eigenvalue weighted by atomic mass is 35.5. The molecule has 4 rings (SSSR count). The first kappa shape index (κ1) is 26.8. The van der Waals surface area contributed by atoms with Crippen LogP contribution in [0.5, 0.6) is 11.5 Å². The zero-order valence-corrected chi connectivity index (χ0v) is 21.5. The van der Waals surface area contributed by atoms with E-state index in [9.17, 15) is 19.2 Å². The van der Waals surface area contributed by atoms with Gasteiger partial charge in [-0.2, -0.15) is 0 Å². The predicted molar refractivity (Wildman–Crippen MR) is 140 cm³/mol. The van der Waals surface area contributed by atoms with E-state index in [1.54, 1.807) is 18.2 Å². The Labute approximate surface area is 224 Å².